The maximum absolute atomic E-state index is 12.0. The third-order valence-electron chi connectivity index (χ3n) is 2.98. The Morgan fingerprint density at radius 2 is 1.96 bits per heavy atom. The number of nitrogens with one attached hydrogen (secondary N) is 1. The largest absolute Gasteiger partial charge is 0.298 e. The number of benzene rings is 2. The molecule has 0 radical (unpaired) electrons. The fourth-order valence-electron chi connectivity index (χ4n) is 1.93. The van der Waals surface area contributed by atoms with Crippen LogP contribution in [0.5, 0.6) is 0 Å². The van der Waals surface area contributed by atoms with Crippen molar-refractivity contribution >= 4 is 77.8 Å². The molecule has 7 heteroatoms. The SMILES string of the molecule is O=C(C=Cc1c(Cl)cccc1Cl)Nc1nc2ccc(Br)cc2s1. The topological polar surface area (TPSA) is 42.0 Å². The molecular formula is C16H9BrCl2N2OS. The van der Waals surface area contributed by atoms with Crippen molar-refractivity contribution < 1.29 is 4.79 Å². The van der Waals surface area contributed by atoms with Crippen molar-refractivity contribution in [3.8, 4) is 0 Å². The Balaban J connectivity index is 1.77. The Kier molecular flexibility index (Phi) is 5.02. The molecule has 0 saturated carbocycles. The van der Waals surface area contributed by atoms with Gasteiger partial charge >= 0.3 is 0 Å². The van der Waals surface area contributed by atoms with Crippen LogP contribution < -0.4 is 5.32 Å². The zero-order valence-electron chi connectivity index (χ0n) is 11.5. The molecule has 3 rings (SSSR count). The number of anilines is 1. The molecule has 0 unspecified atom stereocenters. The van der Waals surface area contributed by atoms with E-state index in [2.05, 4.69) is 26.2 Å². The van der Waals surface area contributed by atoms with Gasteiger partial charge < -0.3 is 0 Å². The van der Waals surface area contributed by atoms with Crippen LogP contribution in [0.15, 0.2) is 46.9 Å². The summed E-state index contributed by atoms with van der Waals surface area (Å²) in [4.78, 5) is 16.4. The van der Waals surface area contributed by atoms with Gasteiger partial charge in [0.15, 0.2) is 5.13 Å². The summed E-state index contributed by atoms with van der Waals surface area (Å²) in [6, 6.07) is 11.0. The van der Waals surface area contributed by atoms with Gasteiger partial charge in [0.1, 0.15) is 0 Å². The number of rotatable bonds is 3. The van der Waals surface area contributed by atoms with Crippen LogP contribution in [-0.4, -0.2) is 10.9 Å². The predicted molar refractivity (Wildman–Crippen MR) is 101 cm³/mol. The molecule has 0 fully saturated rings. The van der Waals surface area contributed by atoms with Crippen molar-refractivity contribution in [1.29, 1.82) is 0 Å². The van der Waals surface area contributed by atoms with E-state index in [0.717, 1.165) is 14.7 Å². The van der Waals surface area contributed by atoms with Gasteiger partial charge in [-0.2, -0.15) is 0 Å². The highest BCUT2D eigenvalue weighted by atomic mass is 79.9. The summed E-state index contributed by atoms with van der Waals surface area (Å²) in [6.07, 6.45) is 2.97. The standard InChI is InChI=1S/C16H9BrCl2N2OS/c17-9-4-6-13-14(8-9)23-16(20-13)21-15(22)7-5-10-11(18)2-1-3-12(10)19/h1-8H,(H,20,21,22). The zero-order valence-corrected chi connectivity index (χ0v) is 15.4. The molecule has 0 aliphatic carbocycles. The Morgan fingerprint density at radius 1 is 1.22 bits per heavy atom. The number of thiazole rings is 1. The van der Waals surface area contributed by atoms with Crippen molar-refractivity contribution in [3.63, 3.8) is 0 Å². The van der Waals surface area contributed by atoms with Crippen LogP contribution in [0.2, 0.25) is 10.0 Å². The van der Waals surface area contributed by atoms with Crippen molar-refractivity contribution in [3.05, 3.63) is 62.6 Å². The summed E-state index contributed by atoms with van der Waals surface area (Å²) in [6.45, 7) is 0. The number of hydrogen-bond donors (Lipinski definition) is 1. The number of amides is 1. The van der Waals surface area contributed by atoms with E-state index in [0.29, 0.717) is 20.7 Å². The maximum Gasteiger partial charge on any atom is 0.250 e. The Bertz CT molecular complexity index is 903. The van der Waals surface area contributed by atoms with Gasteiger partial charge in [-0.1, -0.05) is 56.5 Å². The molecule has 116 valence electrons. The Hall–Kier alpha value is -1.40. The number of halogens is 3. The van der Waals surface area contributed by atoms with Crippen LogP contribution in [0, 0.1) is 0 Å². The summed E-state index contributed by atoms with van der Waals surface area (Å²) in [5.74, 6) is -0.292. The van der Waals surface area contributed by atoms with Crippen LogP contribution in [0.4, 0.5) is 5.13 Å². The lowest BCUT2D eigenvalue weighted by Crippen LogP contribution is -2.07. The third-order valence-corrected chi connectivity index (χ3v) is 5.07. The van der Waals surface area contributed by atoms with Crippen molar-refractivity contribution in [2.24, 2.45) is 0 Å². The van der Waals surface area contributed by atoms with Gasteiger partial charge in [0.05, 0.1) is 10.2 Å². The summed E-state index contributed by atoms with van der Waals surface area (Å²) in [7, 11) is 0. The number of nitrogens with zero attached hydrogens (tertiary/aromatic N) is 1. The first-order chi connectivity index (χ1) is 11.0. The molecule has 1 heterocycles. The molecule has 1 aromatic heterocycles. The molecule has 3 aromatic rings. The predicted octanol–water partition coefficient (Wildman–Crippen LogP) is 6.02. The second-order valence-corrected chi connectivity index (χ2v) is 7.35. The fraction of sp³-hybridized carbons (Fsp3) is 0. The molecule has 0 bridgehead atoms. The molecule has 0 saturated heterocycles. The molecule has 0 aliphatic rings. The van der Waals surface area contributed by atoms with Gasteiger partial charge in [0.2, 0.25) is 5.91 Å². The number of carbonyl (C=O) groups excluding carboxylic acids is 1. The van der Waals surface area contributed by atoms with E-state index in [1.807, 2.05) is 18.2 Å². The molecule has 3 nitrogen and oxygen atoms in total. The van der Waals surface area contributed by atoms with E-state index in [1.165, 1.54) is 17.4 Å². The molecule has 0 aliphatic heterocycles. The third kappa shape index (κ3) is 3.93. The van der Waals surface area contributed by atoms with Crippen LogP contribution in [-0.2, 0) is 4.79 Å². The van der Waals surface area contributed by atoms with Crippen LogP contribution >= 0.6 is 50.5 Å². The van der Waals surface area contributed by atoms with Crippen molar-refractivity contribution in [2.45, 2.75) is 0 Å². The zero-order chi connectivity index (χ0) is 16.4. The molecular weight excluding hydrogens is 419 g/mol. The van der Waals surface area contributed by atoms with Crippen LogP contribution in [0.25, 0.3) is 16.3 Å². The van der Waals surface area contributed by atoms with Gasteiger partial charge in [-0.05, 0) is 36.4 Å². The number of fused-ring (bicyclic) bond motifs is 1. The van der Waals surface area contributed by atoms with Crippen LogP contribution in [0.1, 0.15) is 5.56 Å². The van der Waals surface area contributed by atoms with E-state index >= 15 is 0 Å². The van der Waals surface area contributed by atoms with Gasteiger partial charge in [0, 0.05) is 26.2 Å². The van der Waals surface area contributed by atoms with E-state index in [9.17, 15) is 4.79 Å². The van der Waals surface area contributed by atoms with Crippen LogP contribution in [0.3, 0.4) is 0 Å². The highest BCUT2D eigenvalue weighted by Crippen LogP contribution is 2.29. The number of aromatic nitrogens is 1. The summed E-state index contributed by atoms with van der Waals surface area (Å²) in [5, 5.41) is 4.26. The average molecular weight is 428 g/mol. The first-order valence-electron chi connectivity index (χ1n) is 6.52. The van der Waals surface area contributed by atoms with Gasteiger partial charge in [-0.3, -0.25) is 10.1 Å². The average Bonchev–Trinajstić information content (AvgIpc) is 2.88. The van der Waals surface area contributed by atoms with E-state index in [4.69, 9.17) is 23.2 Å². The lowest BCUT2D eigenvalue weighted by atomic mass is 10.2. The summed E-state index contributed by atoms with van der Waals surface area (Å²) in [5.41, 5.74) is 1.45. The minimum atomic E-state index is -0.292. The van der Waals surface area contributed by atoms with Crippen molar-refractivity contribution in [2.75, 3.05) is 5.32 Å². The summed E-state index contributed by atoms with van der Waals surface area (Å²) < 4.78 is 1.97. The van der Waals surface area contributed by atoms with E-state index in [-0.39, 0.29) is 5.91 Å². The number of carbonyl (C=O) groups is 1. The van der Waals surface area contributed by atoms with Gasteiger partial charge in [0.25, 0.3) is 0 Å². The first kappa shape index (κ1) is 16.5. The second-order valence-electron chi connectivity index (χ2n) is 4.59. The van der Waals surface area contributed by atoms with Gasteiger partial charge in [-0.15, -0.1) is 0 Å². The first-order valence-corrected chi connectivity index (χ1v) is 8.88. The quantitative estimate of drug-likeness (QED) is 0.519. The minimum absolute atomic E-state index is 0.292. The number of hydrogen-bond acceptors (Lipinski definition) is 3. The van der Waals surface area contributed by atoms with E-state index in [1.54, 1.807) is 24.3 Å². The lowest BCUT2D eigenvalue weighted by molar-refractivity contribution is -0.111. The smallest absolute Gasteiger partial charge is 0.250 e. The Morgan fingerprint density at radius 3 is 2.70 bits per heavy atom. The van der Waals surface area contributed by atoms with Gasteiger partial charge in [-0.25, -0.2) is 4.98 Å². The lowest BCUT2D eigenvalue weighted by Gasteiger charge is -2.00. The molecule has 0 spiro atoms. The van der Waals surface area contributed by atoms with E-state index < -0.39 is 0 Å². The monoisotopic (exact) mass is 426 g/mol. The minimum Gasteiger partial charge on any atom is -0.298 e. The normalized spacial score (nSPS) is 11.3. The second kappa shape index (κ2) is 7.01. The molecule has 1 N–H and O–H groups in total. The molecule has 1 amide bonds. The molecule has 0 atom stereocenters. The Labute approximate surface area is 155 Å². The van der Waals surface area contributed by atoms with Crippen molar-refractivity contribution in [1.82, 2.24) is 4.98 Å². The summed E-state index contributed by atoms with van der Waals surface area (Å²) >= 11 is 16.9. The maximum atomic E-state index is 12.0. The molecule has 23 heavy (non-hydrogen) atoms. The fourth-order valence-corrected chi connectivity index (χ4v) is 3.87. The highest BCUT2D eigenvalue weighted by Gasteiger charge is 2.07. The molecule has 2 aromatic carbocycles. The highest BCUT2D eigenvalue weighted by molar-refractivity contribution is 9.10.